The number of amides is 2. The molecule has 0 heterocycles. The summed E-state index contributed by atoms with van der Waals surface area (Å²) in [4.78, 5) is 23.7. The Bertz CT molecular complexity index is 383. The maximum atomic E-state index is 11.3. The number of benzene rings is 1. The van der Waals surface area contributed by atoms with Gasteiger partial charge in [0.15, 0.2) is 0 Å². The Morgan fingerprint density at radius 3 is 2.19 bits per heavy atom. The Morgan fingerprint density at radius 2 is 1.75 bits per heavy atom. The molecule has 2 amide bonds. The molecule has 0 radical (unpaired) electrons. The van der Waals surface area contributed by atoms with Gasteiger partial charge in [-0.15, -0.1) is 0 Å². The maximum absolute atomic E-state index is 11.3. The van der Waals surface area contributed by atoms with E-state index in [1.54, 1.807) is 33.2 Å². The first-order valence-electron chi connectivity index (χ1n) is 5.05. The average Bonchev–Trinajstić information content (AvgIpc) is 2.20. The van der Waals surface area contributed by atoms with E-state index >= 15 is 0 Å². The maximum Gasteiger partial charge on any atom is 0.321 e. The summed E-state index contributed by atoms with van der Waals surface area (Å²) in [6.07, 6.45) is 0.432. The molecule has 1 aromatic rings. The fourth-order valence-electron chi connectivity index (χ4n) is 1.23. The van der Waals surface area contributed by atoms with Crippen molar-refractivity contribution < 1.29 is 9.59 Å². The third-order valence-corrected chi connectivity index (χ3v) is 2.06. The fraction of sp³-hybridized carbons (Fsp3) is 0.333. The highest BCUT2D eigenvalue weighted by Crippen LogP contribution is 2.10. The van der Waals surface area contributed by atoms with Crippen molar-refractivity contribution in [3.63, 3.8) is 0 Å². The number of anilines is 1. The van der Waals surface area contributed by atoms with Crippen LogP contribution in [0.25, 0.3) is 0 Å². The standard InChI is InChI=1S/C12H16N2O2/c1-9(15)8-10-4-6-11(7-5-10)13-12(16)14(2)3/h4-7H,8H2,1-3H3,(H,13,16). The molecule has 0 saturated heterocycles. The first-order chi connectivity index (χ1) is 7.49. The van der Waals surface area contributed by atoms with Crippen LogP contribution < -0.4 is 5.32 Å². The van der Waals surface area contributed by atoms with Crippen molar-refractivity contribution in [2.75, 3.05) is 19.4 Å². The Hall–Kier alpha value is -1.84. The second-order valence-corrected chi connectivity index (χ2v) is 3.90. The lowest BCUT2D eigenvalue weighted by molar-refractivity contribution is -0.116. The third kappa shape index (κ3) is 3.73. The normalized spacial score (nSPS) is 9.69. The van der Waals surface area contributed by atoms with Crippen LogP contribution in [0, 0.1) is 0 Å². The van der Waals surface area contributed by atoms with Crippen molar-refractivity contribution in [2.24, 2.45) is 0 Å². The molecule has 16 heavy (non-hydrogen) atoms. The van der Waals surface area contributed by atoms with Crippen molar-refractivity contribution in [3.05, 3.63) is 29.8 Å². The van der Waals surface area contributed by atoms with Crippen LogP contribution in [0.1, 0.15) is 12.5 Å². The minimum atomic E-state index is -0.167. The molecule has 0 bridgehead atoms. The van der Waals surface area contributed by atoms with Crippen LogP contribution in [0.5, 0.6) is 0 Å². The predicted molar refractivity (Wildman–Crippen MR) is 63.5 cm³/mol. The monoisotopic (exact) mass is 220 g/mol. The fourth-order valence-corrected chi connectivity index (χ4v) is 1.23. The topological polar surface area (TPSA) is 49.4 Å². The molecule has 0 unspecified atom stereocenters. The summed E-state index contributed by atoms with van der Waals surface area (Å²) in [6, 6.07) is 7.10. The van der Waals surface area contributed by atoms with E-state index in [-0.39, 0.29) is 11.8 Å². The second kappa shape index (κ2) is 5.30. The number of hydrogen-bond acceptors (Lipinski definition) is 2. The van der Waals surface area contributed by atoms with Gasteiger partial charge in [0.05, 0.1) is 0 Å². The molecule has 86 valence electrons. The van der Waals surface area contributed by atoms with Gasteiger partial charge in [0.2, 0.25) is 0 Å². The summed E-state index contributed by atoms with van der Waals surface area (Å²) < 4.78 is 0. The Morgan fingerprint density at radius 1 is 1.19 bits per heavy atom. The number of Topliss-reactive ketones (excluding diaryl/α,β-unsaturated/α-hetero) is 1. The van der Waals surface area contributed by atoms with Gasteiger partial charge in [0, 0.05) is 26.2 Å². The SMILES string of the molecule is CC(=O)Cc1ccc(NC(=O)N(C)C)cc1. The van der Waals surface area contributed by atoms with Crippen LogP contribution in [0.4, 0.5) is 10.5 Å². The molecule has 1 rings (SSSR count). The van der Waals surface area contributed by atoms with Crippen LogP contribution in [0.3, 0.4) is 0 Å². The molecule has 0 aliphatic heterocycles. The first-order valence-corrected chi connectivity index (χ1v) is 5.05. The lowest BCUT2D eigenvalue weighted by atomic mass is 10.1. The van der Waals surface area contributed by atoms with Gasteiger partial charge in [0.25, 0.3) is 0 Å². The van der Waals surface area contributed by atoms with Crippen LogP contribution in [0.15, 0.2) is 24.3 Å². The molecule has 0 aliphatic rings. The number of rotatable bonds is 3. The van der Waals surface area contributed by atoms with Gasteiger partial charge in [-0.3, -0.25) is 4.79 Å². The number of nitrogens with zero attached hydrogens (tertiary/aromatic N) is 1. The molecule has 4 nitrogen and oxygen atoms in total. The smallest absolute Gasteiger partial charge is 0.321 e. The van der Waals surface area contributed by atoms with Gasteiger partial charge in [0.1, 0.15) is 5.78 Å². The number of nitrogens with one attached hydrogen (secondary N) is 1. The molecule has 0 atom stereocenters. The zero-order chi connectivity index (χ0) is 12.1. The largest absolute Gasteiger partial charge is 0.331 e. The van der Waals surface area contributed by atoms with Crippen molar-refractivity contribution in [2.45, 2.75) is 13.3 Å². The summed E-state index contributed by atoms with van der Waals surface area (Å²) in [5, 5.41) is 2.72. The Labute approximate surface area is 95.3 Å². The van der Waals surface area contributed by atoms with Crippen molar-refractivity contribution in [1.82, 2.24) is 4.90 Å². The van der Waals surface area contributed by atoms with Gasteiger partial charge in [-0.05, 0) is 24.6 Å². The average molecular weight is 220 g/mol. The molecule has 0 fully saturated rings. The van der Waals surface area contributed by atoms with Gasteiger partial charge in [-0.25, -0.2) is 4.79 Å². The van der Waals surface area contributed by atoms with Crippen molar-refractivity contribution in [3.8, 4) is 0 Å². The molecular weight excluding hydrogens is 204 g/mol. The van der Waals surface area contributed by atoms with Crippen LogP contribution in [0.2, 0.25) is 0 Å². The molecule has 1 N–H and O–H groups in total. The quantitative estimate of drug-likeness (QED) is 0.846. The molecule has 1 aromatic carbocycles. The van der Waals surface area contributed by atoms with E-state index in [1.165, 1.54) is 4.90 Å². The van der Waals surface area contributed by atoms with Gasteiger partial charge in [-0.1, -0.05) is 12.1 Å². The molecule has 0 aromatic heterocycles. The van der Waals surface area contributed by atoms with Crippen molar-refractivity contribution in [1.29, 1.82) is 0 Å². The van der Waals surface area contributed by atoms with Crippen LogP contribution in [-0.4, -0.2) is 30.8 Å². The number of carbonyl (C=O) groups is 2. The van der Waals surface area contributed by atoms with E-state index < -0.39 is 0 Å². The summed E-state index contributed by atoms with van der Waals surface area (Å²) in [5.41, 5.74) is 1.68. The first kappa shape index (κ1) is 12.2. The molecule has 0 spiro atoms. The lowest BCUT2D eigenvalue weighted by Crippen LogP contribution is -2.27. The zero-order valence-electron chi connectivity index (χ0n) is 9.78. The highest BCUT2D eigenvalue weighted by atomic mass is 16.2. The van der Waals surface area contributed by atoms with E-state index in [9.17, 15) is 9.59 Å². The second-order valence-electron chi connectivity index (χ2n) is 3.90. The number of hydrogen-bond donors (Lipinski definition) is 1. The van der Waals surface area contributed by atoms with Gasteiger partial charge < -0.3 is 10.2 Å². The zero-order valence-corrected chi connectivity index (χ0v) is 9.78. The van der Waals surface area contributed by atoms with E-state index in [0.29, 0.717) is 6.42 Å². The Balaban J connectivity index is 2.64. The van der Waals surface area contributed by atoms with Gasteiger partial charge in [-0.2, -0.15) is 0 Å². The molecule has 0 aliphatic carbocycles. The summed E-state index contributed by atoms with van der Waals surface area (Å²) in [7, 11) is 3.36. The summed E-state index contributed by atoms with van der Waals surface area (Å²) in [5.74, 6) is 0.130. The third-order valence-electron chi connectivity index (χ3n) is 2.06. The van der Waals surface area contributed by atoms with Gasteiger partial charge >= 0.3 is 6.03 Å². The predicted octanol–water partition coefficient (Wildman–Crippen LogP) is 1.91. The number of carbonyl (C=O) groups excluding carboxylic acids is 2. The molecular formula is C12H16N2O2. The highest BCUT2D eigenvalue weighted by Gasteiger charge is 2.03. The lowest BCUT2D eigenvalue weighted by Gasteiger charge is -2.12. The van der Waals surface area contributed by atoms with Crippen LogP contribution in [-0.2, 0) is 11.2 Å². The summed E-state index contributed by atoms with van der Waals surface area (Å²) >= 11 is 0. The van der Waals surface area contributed by atoms with E-state index in [4.69, 9.17) is 0 Å². The number of ketones is 1. The minimum absolute atomic E-state index is 0.130. The molecule has 4 heteroatoms. The van der Waals surface area contributed by atoms with E-state index in [0.717, 1.165) is 11.3 Å². The highest BCUT2D eigenvalue weighted by molar-refractivity contribution is 5.89. The minimum Gasteiger partial charge on any atom is -0.331 e. The molecule has 0 saturated carbocycles. The Kier molecular flexibility index (Phi) is 4.05. The van der Waals surface area contributed by atoms with E-state index in [1.807, 2.05) is 12.1 Å². The number of urea groups is 1. The van der Waals surface area contributed by atoms with Crippen molar-refractivity contribution >= 4 is 17.5 Å². The summed E-state index contributed by atoms with van der Waals surface area (Å²) in [6.45, 7) is 1.56. The van der Waals surface area contributed by atoms with E-state index in [2.05, 4.69) is 5.32 Å². The van der Waals surface area contributed by atoms with Crippen LogP contribution >= 0.6 is 0 Å².